The standard InChI is InChI=1S/C22H48NO.ClH/c1-4-5-6-7-8-9-10-11-12-13-14-15-16-17-20-23(2,3)21-18-19-22-24;/h24H,4-22H2,1-3H3;1H/q+1;/p-1. The van der Waals surface area contributed by atoms with E-state index in [9.17, 15) is 0 Å². The maximum Gasteiger partial charge on any atom is 0.0783 e. The lowest BCUT2D eigenvalue weighted by molar-refractivity contribution is -0.890. The molecule has 0 aromatic carbocycles. The molecule has 0 radical (unpaired) electrons. The molecular formula is C22H48ClNO. The summed E-state index contributed by atoms with van der Waals surface area (Å²) in [4.78, 5) is 0. The highest BCUT2D eigenvalue weighted by molar-refractivity contribution is 4.49. The largest absolute Gasteiger partial charge is 1.00 e. The number of halogens is 1. The molecule has 25 heavy (non-hydrogen) atoms. The summed E-state index contributed by atoms with van der Waals surface area (Å²) in [5, 5.41) is 8.86. The molecule has 0 aliphatic carbocycles. The average Bonchev–Trinajstić information content (AvgIpc) is 2.55. The van der Waals surface area contributed by atoms with Gasteiger partial charge >= 0.3 is 0 Å². The predicted molar refractivity (Wildman–Crippen MR) is 108 cm³/mol. The molecule has 0 amide bonds. The Morgan fingerprint density at radius 1 is 0.520 bits per heavy atom. The van der Waals surface area contributed by atoms with Crippen LogP contribution in [0.1, 0.15) is 110 Å². The summed E-state index contributed by atoms with van der Waals surface area (Å²) in [5.41, 5.74) is 0. The molecule has 0 aromatic heterocycles. The molecule has 3 heteroatoms. The second-order valence-corrected chi connectivity index (χ2v) is 8.41. The van der Waals surface area contributed by atoms with Crippen LogP contribution in [0, 0.1) is 0 Å². The smallest absolute Gasteiger partial charge is 0.0783 e. The van der Waals surface area contributed by atoms with Crippen molar-refractivity contribution in [2.45, 2.75) is 110 Å². The summed E-state index contributed by atoms with van der Waals surface area (Å²) in [6.45, 7) is 5.14. The van der Waals surface area contributed by atoms with E-state index < -0.39 is 0 Å². The highest BCUT2D eigenvalue weighted by atomic mass is 35.5. The molecule has 0 saturated carbocycles. The number of quaternary nitrogens is 1. The first-order valence-electron chi connectivity index (χ1n) is 11.1. The summed E-state index contributed by atoms with van der Waals surface area (Å²) in [6.07, 6.45) is 22.2. The van der Waals surface area contributed by atoms with Crippen LogP contribution in [0.15, 0.2) is 0 Å². The van der Waals surface area contributed by atoms with Crippen LogP contribution in [0.2, 0.25) is 0 Å². The number of hydrogen-bond donors (Lipinski definition) is 1. The number of nitrogens with zero attached hydrogens (tertiary/aromatic N) is 1. The highest BCUT2D eigenvalue weighted by Crippen LogP contribution is 2.13. The van der Waals surface area contributed by atoms with Gasteiger partial charge in [-0.05, 0) is 25.7 Å². The molecule has 0 rings (SSSR count). The van der Waals surface area contributed by atoms with Crippen LogP contribution in [0.5, 0.6) is 0 Å². The zero-order valence-corrected chi connectivity index (χ0v) is 18.5. The first kappa shape index (κ1) is 27.4. The van der Waals surface area contributed by atoms with E-state index in [2.05, 4.69) is 21.0 Å². The van der Waals surface area contributed by atoms with Crippen LogP contribution in [0.4, 0.5) is 0 Å². The Bertz CT molecular complexity index is 246. The van der Waals surface area contributed by atoms with Crippen molar-refractivity contribution in [3.63, 3.8) is 0 Å². The van der Waals surface area contributed by atoms with Gasteiger partial charge in [0.05, 0.1) is 27.2 Å². The van der Waals surface area contributed by atoms with E-state index >= 15 is 0 Å². The third kappa shape index (κ3) is 22.2. The SMILES string of the molecule is CCCCCCCCCCCCCCCC[N+](C)(C)CCCCO.[Cl-]. The Hall–Kier alpha value is 0.210. The highest BCUT2D eigenvalue weighted by Gasteiger charge is 2.13. The molecule has 2 nitrogen and oxygen atoms in total. The lowest BCUT2D eigenvalue weighted by Gasteiger charge is -2.29. The van der Waals surface area contributed by atoms with Crippen LogP contribution in [-0.4, -0.2) is 43.4 Å². The van der Waals surface area contributed by atoms with Gasteiger partial charge in [-0.25, -0.2) is 0 Å². The molecule has 0 aliphatic heterocycles. The van der Waals surface area contributed by atoms with E-state index in [-0.39, 0.29) is 12.4 Å². The fourth-order valence-corrected chi connectivity index (χ4v) is 3.50. The average molecular weight is 378 g/mol. The summed E-state index contributed by atoms with van der Waals surface area (Å²) in [6, 6.07) is 0. The molecule has 1 N–H and O–H groups in total. The van der Waals surface area contributed by atoms with Crippen molar-refractivity contribution in [1.29, 1.82) is 0 Å². The van der Waals surface area contributed by atoms with Crippen LogP contribution in [0.3, 0.4) is 0 Å². The van der Waals surface area contributed by atoms with E-state index in [0.29, 0.717) is 6.61 Å². The number of aliphatic hydroxyl groups is 1. The topological polar surface area (TPSA) is 20.2 Å². The predicted octanol–water partition coefficient (Wildman–Crippen LogP) is 3.32. The van der Waals surface area contributed by atoms with Gasteiger partial charge in [-0.2, -0.15) is 0 Å². The van der Waals surface area contributed by atoms with Crippen LogP contribution >= 0.6 is 0 Å². The summed E-state index contributed by atoms with van der Waals surface area (Å²) in [7, 11) is 4.67. The molecule has 0 fully saturated rings. The van der Waals surface area contributed by atoms with Crippen molar-refractivity contribution in [3.05, 3.63) is 0 Å². The van der Waals surface area contributed by atoms with Gasteiger partial charge in [0.2, 0.25) is 0 Å². The normalized spacial score (nSPS) is 11.5. The zero-order chi connectivity index (χ0) is 17.9. The van der Waals surface area contributed by atoms with Gasteiger partial charge in [-0.3, -0.25) is 0 Å². The van der Waals surface area contributed by atoms with Gasteiger partial charge in [0, 0.05) is 6.61 Å². The minimum absolute atomic E-state index is 0. The molecule has 0 aliphatic rings. The second kappa shape index (κ2) is 20.5. The maximum absolute atomic E-state index is 8.86. The second-order valence-electron chi connectivity index (χ2n) is 8.41. The number of aliphatic hydroxyl groups excluding tert-OH is 1. The van der Waals surface area contributed by atoms with Crippen molar-refractivity contribution in [3.8, 4) is 0 Å². The van der Waals surface area contributed by atoms with Crippen molar-refractivity contribution < 1.29 is 22.0 Å². The van der Waals surface area contributed by atoms with Gasteiger partial charge in [0.15, 0.2) is 0 Å². The van der Waals surface area contributed by atoms with Crippen LogP contribution in [-0.2, 0) is 0 Å². The van der Waals surface area contributed by atoms with Gasteiger partial charge in [-0.15, -0.1) is 0 Å². The molecule has 0 bridgehead atoms. The molecule has 0 aromatic rings. The lowest BCUT2D eigenvalue weighted by Crippen LogP contribution is -3.00. The fraction of sp³-hybridized carbons (Fsp3) is 1.00. The number of hydrogen-bond acceptors (Lipinski definition) is 1. The van der Waals surface area contributed by atoms with E-state index in [0.717, 1.165) is 17.3 Å². The third-order valence-electron chi connectivity index (χ3n) is 5.29. The first-order valence-corrected chi connectivity index (χ1v) is 11.1. The lowest BCUT2D eigenvalue weighted by atomic mass is 10.0. The summed E-state index contributed by atoms with van der Waals surface area (Å²) in [5.74, 6) is 0. The van der Waals surface area contributed by atoms with Crippen molar-refractivity contribution in [1.82, 2.24) is 0 Å². The molecule has 0 saturated heterocycles. The van der Waals surface area contributed by atoms with Gasteiger partial charge in [-0.1, -0.05) is 84.0 Å². The van der Waals surface area contributed by atoms with Gasteiger partial charge in [0.25, 0.3) is 0 Å². The minimum atomic E-state index is 0. The molecular weight excluding hydrogens is 330 g/mol. The maximum atomic E-state index is 8.86. The Kier molecular flexibility index (Phi) is 22.5. The fourth-order valence-electron chi connectivity index (χ4n) is 3.50. The summed E-state index contributed by atoms with van der Waals surface area (Å²) < 4.78 is 1.12. The van der Waals surface area contributed by atoms with E-state index in [1.165, 1.54) is 103 Å². The quantitative estimate of drug-likeness (QED) is 0.270. The van der Waals surface area contributed by atoms with E-state index in [1.54, 1.807) is 0 Å². The van der Waals surface area contributed by atoms with Gasteiger partial charge in [0.1, 0.15) is 0 Å². The molecule has 0 heterocycles. The molecule has 154 valence electrons. The Balaban J connectivity index is 0. The Morgan fingerprint density at radius 2 is 0.840 bits per heavy atom. The van der Waals surface area contributed by atoms with E-state index in [1.807, 2.05) is 0 Å². The van der Waals surface area contributed by atoms with Crippen molar-refractivity contribution in [2.24, 2.45) is 0 Å². The third-order valence-corrected chi connectivity index (χ3v) is 5.29. The van der Waals surface area contributed by atoms with Gasteiger partial charge < -0.3 is 22.0 Å². The summed E-state index contributed by atoms with van der Waals surface area (Å²) >= 11 is 0. The Labute approximate surface area is 165 Å². The Morgan fingerprint density at radius 3 is 1.20 bits per heavy atom. The van der Waals surface area contributed by atoms with Crippen LogP contribution < -0.4 is 12.4 Å². The van der Waals surface area contributed by atoms with Crippen LogP contribution in [0.25, 0.3) is 0 Å². The monoisotopic (exact) mass is 377 g/mol. The zero-order valence-electron chi connectivity index (χ0n) is 17.7. The molecule has 0 atom stereocenters. The van der Waals surface area contributed by atoms with Crippen molar-refractivity contribution in [2.75, 3.05) is 33.8 Å². The number of rotatable bonds is 19. The molecule has 0 spiro atoms. The minimum Gasteiger partial charge on any atom is -1.00 e. The number of unbranched alkanes of at least 4 members (excludes halogenated alkanes) is 14. The van der Waals surface area contributed by atoms with Crippen molar-refractivity contribution >= 4 is 0 Å². The molecule has 0 unspecified atom stereocenters. The first-order chi connectivity index (χ1) is 11.6. The van der Waals surface area contributed by atoms with E-state index in [4.69, 9.17) is 5.11 Å².